The molecule has 196 valence electrons. The second kappa shape index (κ2) is 13.5. The number of aliphatic hydroxyl groups is 2. The van der Waals surface area contributed by atoms with Crippen molar-refractivity contribution in [2.24, 2.45) is 17.3 Å². The lowest BCUT2D eigenvalue weighted by molar-refractivity contribution is -0.154. The third-order valence-corrected chi connectivity index (χ3v) is 7.97. The lowest BCUT2D eigenvalue weighted by atomic mass is 9.73. The fourth-order valence-electron chi connectivity index (χ4n) is 4.53. The molecule has 2 heterocycles. The molecule has 0 spiro atoms. The van der Waals surface area contributed by atoms with Crippen molar-refractivity contribution in [2.45, 2.75) is 105 Å². The lowest BCUT2D eigenvalue weighted by Crippen LogP contribution is -2.45. The van der Waals surface area contributed by atoms with Crippen LogP contribution in [0.2, 0.25) is 0 Å². The van der Waals surface area contributed by atoms with E-state index in [0.717, 1.165) is 48.4 Å². The largest absolute Gasteiger partial charge is 0.457 e. The summed E-state index contributed by atoms with van der Waals surface area (Å²) in [5.41, 5.74) is 0.513. The number of cyclic esters (lactones) is 1. The topological polar surface area (TPSA) is 96.7 Å². The summed E-state index contributed by atoms with van der Waals surface area (Å²) in [5.74, 6) is -1.44. The first-order valence-electron chi connectivity index (χ1n) is 12.8. The van der Waals surface area contributed by atoms with Crippen LogP contribution >= 0.6 is 11.3 Å². The van der Waals surface area contributed by atoms with Gasteiger partial charge < -0.3 is 14.9 Å². The van der Waals surface area contributed by atoms with Crippen molar-refractivity contribution in [1.82, 2.24) is 4.98 Å². The number of carbonyl (C=O) groups excluding carboxylic acids is 2. The second-order valence-electron chi connectivity index (χ2n) is 10.6. The van der Waals surface area contributed by atoms with Gasteiger partial charge in [-0.2, -0.15) is 0 Å². The van der Waals surface area contributed by atoms with Crippen molar-refractivity contribution in [3.63, 3.8) is 0 Å². The van der Waals surface area contributed by atoms with Gasteiger partial charge in [0.25, 0.3) is 0 Å². The number of nitrogens with zero attached hydrogens (tertiary/aromatic N) is 1. The third-order valence-electron chi connectivity index (χ3n) is 7.18. The average molecular weight is 506 g/mol. The van der Waals surface area contributed by atoms with Crippen LogP contribution in [0.3, 0.4) is 0 Å². The number of ketones is 1. The highest BCUT2D eigenvalue weighted by Crippen LogP contribution is 2.32. The number of carbonyl (C=O) groups is 2. The minimum absolute atomic E-state index is 0.0155. The Hall–Kier alpha value is -1.83. The van der Waals surface area contributed by atoms with Gasteiger partial charge in [0, 0.05) is 17.7 Å². The maximum atomic E-state index is 13.2. The number of aryl methyl sites for hydroxylation is 1. The van der Waals surface area contributed by atoms with Crippen molar-refractivity contribution in [3.8, 4) is 0 Å². The van der Waals surface area contributed by atoms with Crippen molar-refractivity contribution in [2.75, 3.05) is 0 Å². The first-order chi connectivity index (χ1) is 16.4. The molecule has 0 aromatic carbocycles. The molecular formula is C28H43NO5S. The van der Waals surface area contributed by atoms with Crippen LogP contribution in [-0.2, 0) is 14.3 Å². The van der Waals surface area contributed by atoms with Gasteiger partial charge in [-0.05, 0) is 50.7 Å². The van der Waals surface area contributed by atoms with Crippen LogP contribution in [0.15, 0.2) is 23.1 Å². The summed E-state index contributed by atoms with van der Waals surface area (Å²) in [7, 11) is 0. The number of esters is 1. The average Bonchev–Trinajstić information content (AvgIpc) is 3.21. The molecule has 1 aliphatic rings. The van der Waals surface area contributed by atoms with Crippen LogP contribution in [-0.4, -0.2) is 45.3 Å². The molecular weight excluding hydrogens is 462 g/mol. The fraction of sp³-hybridized carbons (Fsp3) is 0.679. The Labute approximate surface area is 214 Å². The molecule has 7 heteroatoms. The number of ether oxygens (including phenoxy) is 1. The zero-order valence-corrected chi connectivity index (χ0v) is 22.9. The number of aromatic nitrogens is 1. The minimum Gasteiger partial charge on any atom is -0.457 e. The Morgan fingerprint density at radius 1 is 1.17 bits per heavy atom. The standard InChI is InChI=1S/C28H43NO5S/c1-18-13-11-9-7-8-10-12-14-23(19(2)15-22-17-35-21(4)29-22)34-25(31)16-24(30)28(5,6)27(33)20(3)26(18)32/h10,12,15,17-18,20,23-24,26,30,32H,7-9,11,13-14,16H2,1-6H3. The Bertz CT molecular complexity index is 903. The van der Waals surface area contributed by atoms with E-state index >= 15 is 0 Å². The number of hydrogen-bond donors (Lipinski definition) is 2. The lowest BCUT2D eigenvalue weighted by Gasteiger charge is -2.34. The van der Waals surface area contributed by atoms with E-state index in [1.54, 1.807) is 32.1 Å². The first-order valence-corrected chi connectivity index (χ1v) is 13.7. The molecule has 5 atom stereocenters. The Morgan fingerprint density at radius 2 is 1.89 bits per heavy atom. The van der Waals surface area contributed by atoms with E-state index in [1.165, 1.54) is 0 Å². The van der Waals surface area contributed by atoms with E-state index in [9.17, 15) is 19.8 Å². The minimum atomic E-state index is -1.21. The van der Waals surface area contributed by atoms with Crippen LogP contribution in [0.1, 0.15) is 90.3 Å². The maximum absolute atomic E-state index is 13.2. The van der Waals surface area contributed by atoms with Gasteiger partial charge in [0.2, 0.25) is 0 Å². The van der Waals surface area contributed by atoms with Gasteiger partial charge in [-0.25, -0.2) is 4.98 Å². The predicted molar refractivity (Wildman–Crippen MR) is 141 cm³/mol. The third kappa shape index (κ3) is 8.65. The monoisotopic (exact) mass is 505 g/mol. The van der Waals surface area contributed by atoms with Crippen LogP contribution in [0.4, 0.5) is 0 Å². The molecule has 1 aliphatic heterocycles. The van der Waals surface area contributed by atoms with Gasteiger partial charge in [0.05, 0.1) is 34.7 Å². The molecule has 0 amide bonds. The molecule has 0 aliphatic carbocycles. The molecule has 6 nitrogen and oxygen atoms in total. The van der Waals surface area contributed by atoms with E-state index in [-0.39, 0.29) is 18.1 Å². The van der Waals surface area contributed by atoms with Gasteiger partial charge in [-0.3, -0.25) is 9.59 Å². The van der Waals surface area contributed by atoms with E-state index in [4.69, 9.17) is 4.74 Å². The molecule has 0 saturated carbocycles. The van der Waals surface area contributed by atoms with Crippen molar-refractivity contribution >= 4 is 29.2 Å². The molecule has 0 radical (unpaired) electrons. The highest BCUT2D eigenvalue weighted by molar-refractivity contribution is 7.09. The normalized spacial score (nSPS) is 30.4. The molecule has 5 unspecified atom stereocenters. The van der Waals surface area contributed by atoms with E-state index in [0.29, 0.717) is 6.42 Å². The summed E-state index contributed by atoms with van der Waals surface area (Å²) in [6.45, 7) is 10.8. The van der Waals surface area contributed by atoms with Crippen molar-refractivity contribution in [3.05, 3.63) is 33.8 Å². The molecule has 2 N–H and O–H groups in total. The van der Waals surface area contributed by atoms with Gasteiger partial charge in [0.1, 0.15) is 11.9 Å². The quantitative estimate of drug-likeness (QED) is 0.398. The Kier molecular flexibility index (Phi) is 11.3. The molecule has 35 heavy (non-hydrogen) atoms. The van der Waals surface area contributed by atoms with Gasteiger partial charge in [-0.15, -0.1) is 11.3 Å². The van der Waals surface area contributed by atoms with E-state index in [2.05, 4.69) is 11.1 Å². The number of Topliss-reactive ketones (excluding diaryl/α,β-unsaturated/α-hetero) is 1. The first kappa shape index (κ1) is 29.4. The molecule has 0 saturated heterocycles. The summed E-state index contributed by atoms with van der Waals surface area (Å²) in [5, 5.41) is 24.6. The SMILES string of the molecule is CC(=Cc1csc(C)n1)C1CC=CCCCCCC(C)C(O)C(C)C(=O)C(C)(C)C(O)CC(=O)O1. The van der Waals surface area contributed by atoms with E-state index in [1.807, 2.05) is 38.3 Å². The van der Waals surface area contributed by atoms with E-state index < -0.39 is 35.6 Å². The number of aliphatic hydroxyl groups excluding tert-OH is 2. The smallest absolute Gasteiger partial charge is 0.309 e. The fourth-order valence-corrected chi connectivity index (χ4v) is 5.10. The summed E-state index contributed by atoms with van der Waals surface area (Å²) >= 11 is 1.56. The molecule has 2 rings (SSSR count). The Balaban J connectivity index is 2.25. The maximum Gasteiger partial charge on any atom is 0.309 e. The molecule has 1 aromatic heterocycles. The summed E-state index contributed by atoms with van der Waals surface area (Å²) in [4.78, 5) is 30.5. The summed E-state index contributed by atoms with van der Waals surface area (Å²) in [6.07, 6.45) is 8.74. The zero-order valence-electron chi connectivity index (χ0n) is 22.1. The summed E-state index contributed by atoms with van der Waals surface area (Å²) < 4.78 is 5.80. The number of hydrogen-bond acceptors (Lipinski definition) is 7. The molecule has 1 aromatic rings. The molecule has 0 fully saturated rings. The van der Waals surface area contributed by atoms with Crippen LogP contribution in [0.5, 0.6) is 0 Å². The van der Waals surface area contributed by atoms with Gasteiger partial charge >= 0.3 is 5.97 Å². The number of rotatable bonds is 2. The highest BCUT2D eigenvalue weighted by Gasteiger charge is 2.42. The molecule has 0 bridgehead atoms. The highest BCUT2D eigenvalue weighted by atomic mass is 32.1. The van der Waals surface area contributed by atoms with Gasteiger partial charge in [0.15, 0.2) is 0 Å². The van der Waals surface area contributed by atoms with Gasteiger partial charge in [-0.1, -0.05) is 52.7 Å². The van der Waals surface area contributed by atoms with Crippen molar-refractivity contribution < 1.29 is 24.5 Å². The second-order valence-corrected chi connectivity index (χ2v) is 11.6. The number of allylic oxidation sites excluding steroid dienone is 1. The van der Waals surface area contributed by atoms with Crippen LogP contribution in [0, 0.1) is 24.2 Å². The van der Waals surface area contributed by atoms with Crippen LogP contribution in [0.25, 0.3) is 6.08 Å². The van der Waals surface area contributed by atoms with Crippen LogP contribution < -0.4 is 0 Å². The predicted octanol–water partition coefficient (Wildman–Crippen LogP) is 5.66. The number of thiazole rings is 1. The zero-order chi connectivity index (χ0) is 26.2. The Morgan fingerprint density at radius 3 is 2.54 bits per heavy atom. The van der Waals surface area contributed by atoms with Crippen molar-refractivity contribution in [1.29, 1.82) is 0 Å². The summed E-state index contributed by atoms with van der Waals surface area (Å²) in [6, 6.07) is 0.